The molecule has 2 aliphatic heterocycles. The molecule has 12 nitrogen and oxygen atoms in total. The third-order valence-electron chi connectivity index (χ3n) is 10.9. The van der Waals surface area contributed by atoms with Crippen molar-refractivity contribution in [3.63, 3.8) is 0 Å². The molecule has 0 atom stereocenters. The summed E-state index contributed by atoms with van der Waals surface area (Å²) in [5.74, 6) is 0.873. The van der Waals surface area contributed by atoms with Crippen LogP contribution in [0.2, 0.25) is 0 Å². The minimum atomic E-state index is -0.312. The maximum atomic E-state index is 12.9. The lowest BCUT2D eigenvalue weighted by Crippen LogP contribution is -2.38. The minimum absolute atomic E-state index is 0.312. The number of aryl methyl sites for hydroxylation is 1. The SMILES string of the molecule is O=C(Nc1ccc(-c2cn3c(n2)sc2cc(CCCN4CCOCC4)ccc23)cc1)Nc1ccc(-c2cn3c(n2)sc2cc(OCCN4CCOCC4)ccc23)cc1. The highest BCUT2D eigenvalue weighted by molar-refractivity contribution is 7.24. The van der Waals surface area contributed by atoms with Crippen LogP contribution in [0.15, 0.2) is 97.3 Å². The van der Waals surface area contributed by atoms with Crippen LogP contribution in [0.5, 0.6) is 5.75 Å². The molecule has 0 unspecified atom stereocenters. The van der Waals surface area contributed by atoms with Crippen LogP contribution >= 0.6 is 22.7 Å². The summed E-state index contributed by atoms with van der Waals surface area (Å²) >= 11 is 3.36. The first-order valence-electron chi connectivity index (χ1n) is 19.9. The molecule has 2 saturated heterocycles. The van der Waals surface area contributed by atoms with Crippen LogP contribution in [0.3, 0.4) is 0 Å². The summed E-state index contributed by atoms with van der Waals surface area (Å²) in [7, 11) is 0. The Bertz CT molecular complexity index is 2510. The molecule has 2 amide bonds. The van der Waals surface area contributed by atoms with Crippen LogP contribution < -0.4 is 15.4 Å². The van der Waals surface area contributed by atoms with E-state index in [1.165, 1.54) is 15.8 Å². The van der Waals surface area contributed by atoms with Crippen LogP contribution in [0.1, 0.15) is 12.0 Å². The standard InChI is InChI=1S/C44H44N8O4S2/c53-42(45-33-8-4-31(5-9-33)36-28-51-38-13-3-30(26-40(38)57-43(51)47-36)2-1-15-49-16-21-54-22-17-49)46-34-10-6-32(7-11-34)37-29-52-39-14-12-35(27-41(39)58-44(52)48-37)56-25-20-50-18-23-55-24-19-50/h3-14,26-29H,1-2,15-25H2,(H2,45,46,53). The van der Waals surface area contributed by atoms with Crippen LogP contribution in [-0.4, -0.2) is 107 Å². The average molecular weight is 813 g/mol. The summed E-state index contributed by atoms with van der Waals surface area (Å²) in [5.41, 5.74) is 8.77. The van der Waals surface area contributed by atoms with Crippen molar-refractivity contribution in [1.82, 2.24) is 28.6 Å². The van der Waals surface area contributed by atoms with Gasteiger partial charge >= 0.3 is 6.03 Å². The Hall–Kier alpha value is -5.35. The van der Waals surface area contributed by atoms with E-state index in [0.717, 1.165) is 127 Å². The number of ether oxygens (including phenoxy) is 3. The highest BCUT2D eigenvalue weighted by Crippen LogP contribution is 2.33. The van der Waals surface area contributed by atoms with Gasteiger partial charge in [0.05, 0.1) is 58.2 Å². The van der Waals surface area contributed by atoms with Gasteiger partial charge < -0.3 is 24.8 Å². The van der Waals surface area contributed by atoms with E-state index in [0.29, 0.717) is 18.0 Å². The Morgan fingerprint density at radius 3 is 1.78 bits per heavy atom. The molecule has 0 bridgehead atoms. The van der Waals surface area contributed by atoms with Gasteiger partial charge in [0.1, 0.15) is 12.4 Å². The van der Waals surface area contributed by atoms with Gasteiger partial charge in [-0.2, -0.15) is 0 Å². The number of aromatic nitrogens is 4. The second-order valence-corrected chi connectivity index (χ2v) is 16.8. The largest absolute Gasteiger partial charge is 0.492 e. The molecule has 10 rings (SSSR count). The topological polar surface area (TPSA) is 110 Å². The number of hydrogen-bond donors (Lipinski definition) is 2. The molecule has 0 saturated carbocycles. The molecule has 0 radical (unpaired) electrons. The van der Waals surface area contributed by atoms with Crippen molar-refractivity contribution in [2.75, 3.05) is 82.9 Å². The highest BCUT2D eigenvalue weighted by atomic mass is 32.1. The van der Waals surface area contributed by atoms with Gasteiger partial charge in [0.2, 0.25) is 0 Å². The van der Waals surface area contributed by atoms with Crippen molar-refractivity contribution in [2.24, 2.45) is 0 Å². The van der Waals surface area contributed by atoms with E-state index >= 15 is 0 Å². The first-order valence-corrected chi connectivity index (χ1v) is 21.6. The number of benzene rings is 4. The molecule has 4 aromatic carbocycles. The summed E-state index contributed by atoms with van der Waals surface area (Å²) in [4.78, 5) is 29.6. The second-order valence-electron chi connectivity index (χ2n) is 14.8. The maximum absolute atomic E-state index is 12.9. The number of imidazole rings is 2. The van der Waals surface area contributed by atoms with Gasteiger partial charge in [-0.25, -0.2) is 14.8 Å². The lowest BCUT2D eigenvalue weighted by atomic mass is 10.1. The molecule has 6 heterocycles. The fourth-order valence-electron chi connectivity index (χ4n) is 7.74. The van der Waals surface area contributed by atoms with E-state index in [1.54, 1.807) is 22.7 Å². The van der Waals surface area contributed by atoms with Gasteiger partial charge in [-0.1, -0.05) is 53.0 Å². The van der Waals surface area contributed by atoms with Gasteiger partial charge in [-0.15, -0.1) is 0 Å². The molecule has 0 aliphatic carbocycles. The fraction of sp³-hybridized carbons (Fsp3) is 0.295. The van der Waals surface area contributed by atoms with Crippen LogP contribution in [0, 0.1) is 0 Å². The van der Waals surface area contributed by atoms with Crippen molar-refractivity contribution < 1.29 is 19.0 Å². The first-order chi connectivity index (χ1) is 28.6. The Kier molecular flexibility index (Phi) is 10.5. The zero-order chi connectivity index (χ0) is 38.8. The molecule has 296 valence electrons. The molecule has 58 heavy (non-hydrogen) atoms. The van der Waals surface area contributed by atoms with Crippen molar-refractivity contribution in [3.8, 4) is 28.3 Å². The predicted molar refractivity (Wildman–Crippen MR) is 233 cm³/mol. The molecule has 8 aromatic rings. The van der Waals surface area contributed by atoms with E-state index in [2.05, 4.69) is 72.0 Å². The van der Waals surface area contributed by atoms with Crippen LogP contribution in [0.4, 0.5) is 16.2 Å². The van der Waals surface area contributed by atoms with Gasteiger partial charge in [-0.05, 0) is 79.5 Å². The van der Waals surface area contributed by atoms with Crippen molar-refractivity contribution in [1.29, 1.82) is 0 Å². The lowest BCUT2D eigenvalue weighted by Gasteiger charge is -2.26. The van der Waals surface area contributed by atoms with Gasteiger partial charge in [0.25, 0.3) is 0 Å². The Balaban J connectivity index is 0.726. The molecule has 0 spiro atoms. The van der Waals surface area contributed by atoms with Crippen LogP contribution in [0.25, 0.3) is 52.9 Å². The molecule has 14 heteroatoms. The summed E-state index contributed by atoms with van der Waals surface area (Å²) in [6, 6.07) is 28.2. The van der Waals surface area contributed by atoms with E-state index in [4.69, 9.17) is 24.2 Å². The van der Waals surface area contributed by atoms with E-state index < -0.39 is 0 Å². The Morgan fingerprint density at radius 1 is 0.655 bits per heavy atom. The number of amides is 2. The Labute approximate surface area is 343 Å². The van der Waals surface area contributed by atoms with Crippen molar-refractivity contribution in [3.05, 3.63) is 103 Å². The normalized spacial score (nSPS) is 15.5. The molecule has 2 fully saturated rings. The van der Waals surface area contributed by atoms with E-state index in [1.807, 2.05) is 54.6 Å². The van der Waals surface area contributed by atoms with Crippen molar-refractivity contribution in [2.45, 2.75) is 12.8 Å². The number of hydrogen-bond acceptors (Lipinski definition) is 10. The lowest BCUT2D eigenvalue weighted by molar-refractivity contribution is 0.0322. The number of fused-ring (bicyclic) bond motifs is 6. The van der Waals surface area contributed by atoms with Gasteiger partial charge in [0.15, 0.2) is 9.92 Å². The molecule has 4 aromatic heterocycles. The third-order valence-corrected chi connectivity index (χ3v) is 13.0. The van der Waals surface area contributed by atoms with Crippen LogP contribution in [-0.2, 0) is 15.9 Å². The quantitative estimate of drug-likeness (QED) is 0.127. The zero-order valence-electron chi connectivity index (χ0n) is 32.1. The summed E-state index contributed by atoms with van der Waals surface area (Å²) in [6.45, 7) is 9.94. The predicted octanol–water partition coefficient (Wildman–Crippen LogP) is 8.37. The molecule has 2 aliphatic rings. The number of thiazole rings is 2. The summed E-state index contributed by atoms with van der Waals surface area (Å²) in [5, 5.41) is 5.90. The fourth-order valence-corrected chi connectivity index (χ4v) is 9.85. The van der Waals surface area contributed by atoms with Gasteiger partial charge in [-0.3, -0.25) is 18.6 Å². The smallest absolute Gasteiger partial charge is 0.323 e. The number of carbonyl (C=O) groups is 1. The van der Waals surface area contributed by atoms with E-state index in [9.17, 15) is 4.79 Å². The summed E-state index contributed by atoms with van der Waals surface area (Å²) < 4.78 is 23.7. The molecular weight excluding hydrogens is 769 g/mol. The number of morpholine rings is 2. The average Bonchev–Trinajstić information content (AvgIpc) is 4.02. The Morgan fingerprint density at radius 2 is 1.19 bits per heavy atom. The molecular formula is C44H44N8O4S2. The van der Waals surface area contributed by atoms with Gasteiger partial charge in [0, 0.05) is 67.6 Å². The second kappa shape index (κ2) is 16.5. The highest BCUT2D eigenvalue weighted by Gasteiger charge is 2.15. The number of nitrogens with zero attached hydrogens (tertiary/aromatic N) is 6. The number of anilines is 2. The summed E-state index contributed by atoms with van der Waals surface area (Å²) in [6.07, 6.45) is 6.38. The van der Waals surface area contributed by atoms with Crippen molar-refractivity contribution >= 4 is 70.4 Å². The first kappa shape index (κ1) is 37.0. The van der Waals surface area contributed by atoms with E-state index in [-0.39, 0.29) is 6.03 Å². The minimum Gasteiger partial charge on any atom is -0.492 e. The number of carbonyl (C=O) groups excluding carboxylic acids is 1. The molecule has 2 N–H and O–H groups in total. The number of urea groups is 1. The number of rotatable bonds is 12. The zero-order valence-corrected chi connectivity index (χ0v) is 33.7. The number of nitrogens with one attached hydrogen (secondary N) is 2. The third kappa shape index (κ3) is 8.04. The monoisotopic (exact) mass is 812 g/mol. The maximum Gasteiger partial charge on any atom is 0.323 e.